The number of rotatable bonds is 6. The van der Waals surface area contributed by atoms with Gasteiger partial charge in [0.25, 0.3) is 5.91 Å². The molecule has 2 aromatic rings. The molecule has 0 bridgehead atoms. The van der Waals surface area contributed by atoms with Gasteiger partial charge in [-0.15, -0.1) is 0 Å². The smallest absolute Gasteiger partial charge is 0.260 e. The number of ether oxygens (including phenoxy) is 1. The molecule has 4 nitrogen and oxygen atoms in total. The van der Waals surface area contributed by atoms with Crippen molar-refractivity contribution in [2.45, 2.75) is 13.5 Å². The monoisotopic (exact) mass is 375 g/mol. The third kappa shape index (κ3) is 5.21. The largest absolute Gasteiger partial charge is 0.484 e. The first-order valence-corrected chi connectivity index (χ1v) is 7.97. The zero-order valence-corrected chi connectivity index (χ0v) is 14.7. The molecule has 0 aromatic heterocycles. The summed E-state index contributed by atoms with van der Waals surface area (Å²) < 4.78 is 6.49. The van der Waals surface area contributed by atoms with E-state index >= 15 is 0 Å². The van der Waals surface area contributed by atoms with Crippen LogP contribution >= 0.6 is 15.9 Å². The zero-order chi connectivity index (χ0) is 16.8. The molecule has 0 unspecified atom stereocenters. The van der Waals surface area contributed by atoms with Crippen molar-refractivity contribution in [1.82, 2.24) is 4.90 Å². The number of halogens is 1. The molecule has 120 valence electrons. The summed E-state index contributed by atoms with van der Waals surface area (Å²) in [6, 6.07) is 14.6. The molecule has 0 saturated carbocycles. The third-order valence-corrected chi connectivity index (χ3v) is 3.89. The second-order valence-corrected chi connectivity index (χ2v) is 6.16. The molecule has 0 spiro atoms. The van der Waals surface area contributed by atoms with Crippen LogP contribution in [0.1, 0.15) is 22.8 Å². The molecule has 1 amide bonds. The van der Waals surface area contributed by atoms with Crippen LogP contribution in [0.2, 0.25) is 0 Å². The van der Waals surface area contributed by atoms with Gasteiger partial charge in [-0.05, 0) is 36.8 Å². The molecule has 0 aliphatic carbocycles. The van der Waals surface area contributed by atoms with Crippen molar-refractivity contribution in [3.63, 3.8) is 0 Å². The molecule has 0 aliphatic heterocycles. The maximum Gasteiger partial charge on any atom is 0.260 e. The van der Waals surface area contributed by atoms with E-state index in [0.29, 0.717) is 17.9 Å². The second kappa shape index (κ2) is 7.92. The fraction of sp³-hybridized carbons (Fsp3) is 0.222. The third-order valence-electron chi connectivity index (χ3n) is 3.36. The summed E-state index contributed by atoms with van der Waals surface area (Å²) in [6.07, 6.45) is 0. The van der Waals surface area contributed by atoms with Gasteiger partial charge in [0.05, 0.1) is 0 Å². The fourth-order valence-corrected chi connectivity index (χ4v) is 2.28. The van der Waals surface area contributed by atoms with E-state index in [9.17, 15) is 9.59 Å². The van der Waals surface area contributed by atoms with Crippen LogP contribution in [0.4, 0.5) is 0 Å². The number of hydrogen-bond acceptors (Lipinski definition) is 3. The van der Waals surface area contributed by atoms with Crippen LogP contribution in [0.25, 0.3) is 0 Å². The molecular weight excluding hydrogens is 358 g/mol. The standard InChI is InChI=1S/C18H18BrNO3/c1-13(21)15-4-3-5-17(10-15)23-12-18(22)20(2)11-14-6-8-16(19)9-7-14/h3-10H,11-12H2,1-2H3. The lowest BCUT2D eigenvalue weighted by molar-refractivity contribution is -0.132. The van der Waals surface area contributed by atoms with E-state index in [0.717, 1.165) is 10.0 Å². The Labute approximate surface area is 144 Å². The van der Waals surface area contributed by atoms with Crippen LogP contribution in [0.5, 0.6) is 5.75 Å². The van der Waals surface area contributed by atoms with Gasteiger partial charge < -0.3 is 9.64 Å². The normalized spacial score (nSPS) is 10.2. The summed E-state index contributed by atoms with van der Waals surface area (Å²) >= 11 is 3.38. The summed E-state index contributed by atoms with van der Waals surface area (Å²) in [7, 11) is 1.74. The molecule has 0 heterocycles. The Bertz CT molecular complexity index is 698. The van der Waals surface area contributed by atoms with E-state index in [1.54, 1.807) is 36.2 Å². The SMILES string of the molecule is CC(=O)c1cccc(OCC(=O)N(C)Cc2ccc(Br)cc2)c1. The van der Waals surface area contributed by atoms with Gasteiger partial charge in [-0.2, -0.15) is 0 Å². The van der Waals surface area contributed by atoms with Crippen molar-refractivity contribution < 1.29 is 14.3 Å². The summed E-state index contributed by atoms with van der Waals surface area (Å²) in [5, 5.41) is 0. The topological polar surface area (TPSA) is 46.6 Å². The highest BCUT2D eigenvalue weighted by Crippen LogP contribution is 2.15. The molecule has 0 atom stereocenters. The molecule has 0 saturated heterocycles. The molecule has 5 heteroatoms. The van der Waals surface area contributed by atoms with E-state index in [4.69, 9.17) is 4.74 Å². The lowest BCUT2D eigenvalue weighted by Gasteiger charge is -2.17. The van der Waals surface area contributed by atoms with Crippen LogP contribution in [0.3, 0.4) is 0 Å². The first kappa shape index (κ1) is 17.2. The number of carbonyl (C=O) groups excluding carboxylic acids is 2. The molecular formula is C18H18BrNO3. The summed E-state index contributed by atoms with van der Waals surface area (Å²) in [5.74, 6) is 0.360. The number of carbonyl (C=O) groups is 2. The van der Waals surface area contributed by atoms with E-state index in [-0.39, 0.29) is 18.3 Å². The molecule has 23 heavy (non-hydrogen) atoms. The van der Waals surface area contributed by atoms with Gasteiger partial charge in [-0.3, -0.25) is 9.59 Å². The summed E-state index contributed by atoms with van der Waals surface area (Å²) in [6.45, 7) is 1.95. The molecule has 0 N–H and O–H groups in total. The number of ketones is 1. The lowest BCUT2D eigenvalue weighted by atomic mass is 10.1. The molecule has 0 fully saturated rings. The maximum atomic E-state index is 12.1. The van der Waals surface area contributed by atoms with Crippen molar-refractivity contribution in [2.75, 3.05) is 13.7 Å². The van der Waals surface area contributed by atoms with Gasteiger partial charge in [-0.1, -0.05) is 40.2 Å². The van der Waals surface area contributed by atoms with E-state index in [2.05, 4.69) is 15.9 Å². The van der Waals surface area contributed by atoms with Crippen LogP contribution < -0.4 is 4.74 Å². The number of likely N-dealkylation sites (N-methyl/N-ethyl adjacent to an activating group) is 1. The highest BCUT2D eigenvalue weighted by molar-refractivity contribution is 9.10. The van der Waals surface area contributed by atoms with Crippen molar-refractivity contribution >= 4 is 27.6 Å². The van der Waals surface area contributed by atoms with Gasteiger partial charge in [0.15, 0.2) is 12.4 Å². The Balaban J connectivity index is 1.90. The Morgan fingerprint density at radius 3 is 2.48 bits per heavy atom. The molecule has 2 rings (SSSR count). The summed E-state index contributed by atoms with van der Waals surface area (Å²) in [4.78, 5) is 25.1. The number of Topliss-reactive ketones (excluding diaryl/α,β-unsaturated/α-hetero) is 1. The van der Waals surface area contributed by atoms with Gasteiger partial charge >= 0.3 is 0 Å². The van der Waals surface area contributed by atoms with Crippen molar-refractivity contribution in [1.29, 1.82) is 0 Å². The van der Waals surface area contributed by atoms with E-state index in [1.807, 2.05) is 24.3 Å². The second-order valence-electron chi connectivity index (χ2n) is 5.25. The number of benzene rings is 2. The maximum absolute atomic E-state index is 12.1. The molecule has 0 aliphatic rings. The minimum Gasteiger partial charge on any atom is -0.484 e. The van der Waals surface area contributed by atoms with Crippen LogP contribution in [0.15, 0.2) is 53.0 Å². The first-order chi connectivity index (χ1) is 11.0. The predicted octanol–water partition coefficient (Wildman–Crippen LogP) is 3.69. The van der Waals surface area contributed by atoms with Crippen LogP contribution in [-0.4, -0.2) is 30.2 Å². The van der Waals surface area contributed by atoms with Crippen molar-refractivity contribution in [3.8, 4) is 5.75 Å². The Morgan fingerprint density at radius 2 is 1.83 bits per heavy atom. The van der Waals surface area contributed by atoms with Crippen molar-refractivity contribution in [2.24, 2.45) is 0 Å². The van der Waals surface area contributed by atoms with E-state index < -0.39 is 0 Å². The van der Waals surface area contributed by atoms with Crippen molar-refractivity contribution in [3.05, 3.63) is 64.1 Å². The molecule has 2 aromatic carbocycles. The van der Waals surface area contributed by atoms with Crippen LogP contribution in [0, 0.1) is 0 Å². The highest BCUT2D eigenvalue weighted by Gasteiger charge is 2.11. The van der Waals surface area contributed by atoms with Gasteiger partial charge in [0.2, 0.25) is 0 Å². The minimum absolute atomic E-state index is 0.0332. The minimum atomic E-state index is -0.124. The first-order valence-electron chi connectivity index (χ1n) is 7.18. The number of nitrogens with zero attached hydrogens (tertiary/aromatic N) is 1. The number of hydrogen-bond donors (Lipinski definition) is 0. The highest BCUT2D eigenvalue weighted by atomic mass is 79.9. The average molecular weight is 376 g/mol. The lowest BCUT2D eigenvalue weighted by Crippen LogP contribution is -2.30. The Hall–Kier alpha value is -2.14. The zero-order valence-electron chi connectivity index (χ0n) is 13.1. The fourth-order valence-electron chi connectivity index (χ4n) is 2.01. The Morgan fingerprint density at radius 1 is 1.13 bits per heavy atom. The molecule has 0 radical (unpaired) electrons. The van der Waals surface area contributed by atoms with Gasteiger partial charge in [0.1, 0.15) is 5.75 Å². The predicted molar refractivity (Wildman–Crippen MR) is 92.6 cm³/mol. The van der Waals surface area contributed by atoms with Crippen LogP contribution in [-0.2, 0) is 11.3 Å². The summed E-state index contributed by atoms with van der Waals surface area (Å²) in [5.41, 5.74) is 1.61. The van der Waals surface area contributed by atoms with Gasteiger partial charge in [-0.25, -0.2) is 0 Å². The quantitative estimate of drug-likeness (QED) is 0.723. The number of amides is 1. The van der Waals surface area contributed by atoms with E-state index in [1.165, 1.54) is 6.92 Å². The average Bonchev–Trinajstić information content (AvgIpc) is 2.55. The van der Waals surface area contributed by atoms with Gasteiger partial charge in [0, 0.05) is 23.6 Å². The Kier molecular flexibility index (Phi) is 5.93.